The fraction of sp³-hybridized carbons (Fsp3) is 0.789. The van der Waals surface area contributed by atoms with Crippen LogP contribution in [0.4, 0.5) is 0 Å². The van der Waals surface area contributed by atoms with Crippen LogP contribution in [0.2, 0.25) is 0 Å². The molecule has 0 unspecified atom stereocenters. The van der Waals surface area contributed by atoms with Crippen molar-refractivity contribution in [1.29, 1.82) is 0 Å². The normalized spacial score (nSPS) is 16.0. The molecule has 0 radical (unpaired) electrons. The van der Waals surface area contributed by atoms with Gasteiger partial charge in [-0.15, -0.1) is 4.92 Å². The molecule has 16 heteroatoms. The van der Waals surface area contributed by atoms with Gasteiger partial charge in [0.15, 0.2) is 7.05 Å². The molecular weight excluding hydrogens is 1100 g/mol. The Hall–Kier alpha value is 3.08. The number of halogens is 5. The van der Waals surface area contributed by atoms with E-state index in [0.717, 1.165) is 58.9 Å². The molecule has 0 aromatic carbocycles. The molecule has 213 valence electrons. The van der Waals surface area contributed by atoms with Crippen molar-refractivity contribution in [3.8, 4) is 0 Å². The van der Waals surface area contributed by atoms with Crippen molar-refractivity contribution < 1.29 is 29.0 Å². The summed E-state index contributed by atoms with van der Waals surface area (Å²) in [5, 5.41) is 19.1. The zero-order valence-electron chi connectivity index (χ0n) is 21.3. The number of Topliss-reactive ketones (excluding diaryl/α,β-unsaturated/α-hetero) is 1. The fourth-order valence-corrected chi connectivity index (χ4v) is 2.38. The first kappa shape index (κ1) is 47.8. The van der Waals surface area contributed by atoms with Crippen LogP contribution in [0, 0.1) is 46.0 Å². The molecule has 2 aliphatic heterocycles. The van der Waals surface area contributed by atoms with E-state index >= 15 is 0 Å². The Kier molecular flexibility index (Phi) is 48.0. The van der Waals surface area contributed by atoms with Crippen molar-refractivity contribution in [2.24, 2.45) is 5.41 Å². The zero-order valence-corrected chi connectivity index (χ0v) is 34.8. The molecule has 2 fully saturated rings. The van der Waals surface area contributed by atoms with Crippen LogP contribution in [0.5, 0.6) is 0 Å². The van der Waals surface area contributed by atoms with Gasteiger partial charge >= 0.3 is 114 Å². The zero-order chi connectivity index (χ0) is 29.0. The van der Waals surface area contributed by atoms with E-state index in [1.165, 1.54) is 6.54 Å². The van der Waals surface area contributed by atoms with Gasteiger partial charge in [-0.3, -0.25) is 25.0 Å². The first-order valence-corrected chi connectivity index (χ1v) is 32.8. The summed E-state index contributed by atoms with van der Waals surface area (Å²) in [4.78, 5) is 33.0. The van der Waals surface area contributed by atoms with Crippen LogP contribution in [0.1, 0.15) is 46.5 Å². The van der Waals surface area contributed by atoms with Crippen molar-refractivity contribution in [1.82, 2.24) is 9.80 Å². The van der Waals surface area contributed by atoms with E-state index in [1.807, 2.05) is 21.0 Å². The van der Waals surface area contributed by atoms with Gasteiger partial charge in [-0.25, -0.2) is 0 Å². The van der Waals surface area contributed by atoms with Crippen molar-refractivity contribution in [3.05, 3.63) is 40.6 Å². The number of piperidine rings is 2. The quantitative estimate of drug-likeness (QED) is 0.123. The SMILES string of the molecule is CN1CCC(=O)CC1.CN1CCC(C)([CH-][N+](=O)[O-])CC1.C[N+](=O)[O-].[CH2-]C.[CH2-]C.[I][V]([I])[I].[I][V][I]. The molecule has 9 nitrogen and oxygen atoms in total. The Morgan fingerprint density at radius 1 is 0.943 bits per heavy atom. The molecule has 0 aliphatic carbocycles. The maximum atomic E-state index is 10.6. The summed E-state index contributed by atoms with van der Waals surface area (Å²) in [5.41, 5.74) is -0.185. The second-order valence-electron chi connectivity index (χ2n) is 6.91. The van der Waals surface area contributed by atoms with E-state index in [4.69, 9.17) is 10.1 Å². The summed E-state index contributed by atoms with van der Waals surface area (Å²) in [5.74, 6) is 0.420. The number of hydrogen-bond acceptors (Lipinski definition) is 7. The first-order valence-electron chi connectivity index (χ1n) is 10.3. The molecule has 0 atom stereocenters. The van der Waals surface area contributed by atoms with E-state index in [9.17, 15) is 14.9 Å². The number of rotatable bonds is 2. The van der Waals surface area contributed by atoms with Crippen LogP contribution in [-0.2, 0) is 19.2 Å². The third kappa shape index (κ3) is 50.4. The number of nitro groups is 2. The van der Waals surface area contributed by atoms with Crippen LogP contribution in [0.15, 0.2) is 0 Å². The molecule has 2 aliphatic rings. The van der Waals surface area contributed by atoms with Gasteiger partial charge in [0.1, 0.15) is 5.78 Å². The average Bonchev–Trinajstić information content (AvgIpc) is 2.75. The molecule has 0 bridgehead atoms. The van der Waals surface area contributed by atoms with Gasteiger partial charge in [0.25, 0.3) is 0 Å². The average molecular weight is 1140 g/mol. The Morgan fingerprint density at radius 2 is 1.20 bits per heavy atom. The number of likely N-dealkylation sites (tertiary alicyclic amines) is 2. The van der Waals surface area contributed by atoms with Crippen LogP contribution in [-0.4, -0.2) is 72.8 Å². The number of hydrogen-bond donors (Lipinski definition) is 0. The van der Waals surface area contributed by atoms with Crippen LogP contribution < -0.4 is 0 Å². The molecule has 0 aromatic heterocycles. The summed E-state index contributed by atoms with van der Waals surface area (Å²) in [6, 6.07) is 0. The maximum absolute atomic E-state index is 10.6. The van der Waals surface area contributed by atoms with Gasteiger partial charge in [0.2, 0.25) is 0 Å². The van der Waals surface area contributed by atoms with Gasteiger partial charge < -0.3 is 23.6 Å². The number of carbonyl (C=O) groups excluding carboxylic acids is 1. The molecule has 0 amide bonds. The summed E-state index contributed by atoms with van der Waals surface area (Å²) in [6.07, 6.45) is 3.31. The van der Waals surface area contributed by atoms with Crippen molar-refractivity contribution in [3.63, 3.8) is 0 Å². The van der Waals surface area contributed by atoms with E-state index in [-0.39, 0.29) is 15.3 Å². The van der Waals surface area contributed by atoms with Gasteiger partial charge in [0, 0.05) is 30.9 Å². The number of carbonyl (C=O) groups is 1. The molecule has 2 saturated heterocycles. The van der Waals surface area contributed by atoms with Crippen LogP contribution >= 0.6 is 99.9 Å². The second kappa shape index (κ2) is 35.1. The molecule has 0 spiro atoms. The van der Waals surface area contributed by atoms with Crippen LogP contribution in [0.3, 0.4) is 0 Å². The molecule has 35 heavy (non-hydrogen) atoms. The van der Waals surface area contributed by atoms with E-state index in [0.29, 0.717) is 15.2 Å². The summed E-state index contributed by atoms with van der Waals surface area (Å²) >= 11 is 12.1. The van der Waals surface area contributed by atoms with Gasteiger partial charge in [-0.2, -0.15) is 13.8 Å². The second-order valence-corrected chi connectivity index (χ2v) is 54.1. The summed E-state index contributed by atoms with van der Waals surface area (Å²) in [7, 11) is 5.61. The van der Waals surface area contributed by atoms with Crippen molar-refractivity contribution in [2.45, 2.75) is 46.5 Å². The predicted octanol–water partition coefficient (Wildman–Crippen LogP) is 7.44. The molecule has 0 saturated carbocycles. The van der Waals surface area contributed by atoms with Crippen LogP contribution in [0.25, 0.3) is 0 Å². The van der Waals surface area contributed by atoms with Gasteiger partial charge in [-0.05, 0) is 27.2 Å². The van der Waals surface area contributed by atoms with Crippen molar-refractivity contribution >= 4 is 106 Å². The molecular formula is C19H39I5N4O5V2-3. The minimum atomic E-state index is -0.500. The third-order valence-electron chi connectivity index (χ3n) is 4.09. The standard InChI is InChI=1S/C8H15N2O2.C6H11NO.2C2H5.CH3NO2.5HI.2V/c1-8(7-10(11)12)3-5-9(2)6-4-8;1-7-4-2-6(8)3-5-7;2*1-2;1-2(3)4;;;;;;;/h7H,3-6H2,1-2H3;2-5H2,1H3;2*1H2,2H3;1H3;5*1H;;/q-1;;2*-1;;;;;;;+2;+3/p-5. The molecule has 2 heterocycles. The summed E-state index contributed by atoms with van der Waals surface area (Å²) in [6.45, 7) is 17.0. The van der Waals surface area contributed by atoms with E-state index < -0.39 is 4.92 Å². The van der Waals surface area contributed by atoms with Crippen molar-refractivity contribution in [2.75, 3.05) is 47.3 Å². The Balaban J connectivity index is -0.000000113. The summed E-state index contributed by atoms with van der Waals surface area (Å²) < 4.78 is 0. The third-order valence-corrected chi connectivity index (χ3v) is 4.09. The predicted molar refractivity (Wildman–Crippen MR) is 183 cm³/mol. The van der Waals surface area contributed by atoms with E-state index in [1.54, 1.807) is 13.8 Å². The Labute approximate surface area is 279 Å². The van der Waals surface area contributed by atoms with Gasteiger partial charge in [0.05, 0.1) is 0 Å². The Morgan fingerprint density at radius 3 is 1.43 bits per heavy atom. The number of ketones is 1. The Bertz CT molecular complexity index is 491. The topological polar surface area (TPSA) is 110 Å². The molecule has 0 N–H and O–H groups in total. The number of nitrogens with zero attached hydrogens (tertiary/aromatic N) is 4. The van der Waals surface area contributed by atoms with E-state index in [2.05, 4.69) is 124 Å². The molecule has 0 aromatic rings. The van der Waals surface area contributed by atoms with Gasteiger partial charge in [-0.1, -0.05) is 31.7 Å². The molecule has 2 rings (SSSR count). The monoisotopic (exact) mass is 1140 g/mol. The first-order chi connectivity index (χ1) is 16.2. The minimum absolute atomic E-state index is 0.185. The fourth-order valence-electron chi connectivity index (χ4n) is 2.38.